The number of rotatable bonds is 3. The van der Waals surface area contributed by atoms with Gasteiger partial charge in [0.05, 0.1) is 11.3 Å². The monoisotopic (exact) mass is 379 g/mol. The maximum atomic E-state index is 5.87. The van der Waals surface area contributed by atoms with E-state index in [2.05, 4.69) is 25.9 Å². The van der Waals surface area contributed by atoms with Gasteiger partial charge in [-0.15, -0.1) is 0 Å². The summed E-state index contributed by atoms with van der Waals surface area (Å²) in [4.78, 5) is 8.83. The van der Waals surface area contributed by atoms with Crippen LogP contribution in [0.15, 0.2) is 63.4 Å². The number of hydrogen-bond donors (Lipinski definition) is 0. The number of benzene rings is 1. The molecule has 3 rings (SSSR count). The molecule has 2 heterocycles. The summed E-state index contributed by atoms with van der Waals surface area (Å²) < 4.78 is 3.05. The zero-order valence-electron chi connectivity index (χ0n) is 11.1. The topological polar surface area (TPSA) is 30.7 Å². The smallest absolute Gasteiger partial charge is 0.109 e. The number of pyridine rings is 1. The van der Waals surface area contributed by atoms with Gasteiger partial charge in [-0.05, 0) is 36.0 Å². The maximum absolute atomic E-state index is 5.87. The number of imidazole rings is 1. The second kappa shape index (κ2) is 6.22. The Kier molecular flexibility index (Phi) is 4.33. The Hall–Kier alpha value is -1.30. The van der Waals surface area contributed by atoms with Crippen LogP contribution in [0.4, 0.5) is 0 Å². The fourth-order valence-corrected chi connectivity index (χ4v) is 3.14. The average Bonchev–Trinajstić information content (AvgIpc) is 2.84. The van der Waals surface area contributed by atoms with Crippen molar-refractivity contribution in [3.8, 4) is 11.3 Å². The molecule has 21 heavy (non-hydrogen) atoms. The summed E-state index contributed by atoms with van der Waals surface area (Å²) >= 11 is 10.9. The van der Waals surface area contributed by atoms with Gasteiger partial charge in [0, 0.05) is 23.3 Å². The highest BCUT2D eigenvalue weighted by Gasteiger charge is 2.13. The Morgan fingerprint density at radius 2 is 1.86 bits per heavy atom. The Bertz CT molecular complexity index is 754. The van der Waals surface area contributed by atoms with Crippen LogP contribution in [0.25, 0.3) is 11.3 Å². The molecule has 0 N–H and O–H groups in total. The summed E-state index contributed by atoms with van der Waals surface area (Å²) in [6.07, 6.45) is 3.47. The standard InChI is InChI=1S/C15H11BrClN3S/c1-20-9-19-14(10-2-4-11(16)5-3-10)15(20)21-13-7-6-12(17)8-18-13/h2-9H,1H3. The van der Waals surface area contributed by atoms with Crippen LogP contribution in [0.3, 0.4) is 0 Å². The molecular formula is C15H11BrClN3S. The number of nitrogens with zero attached hydrogens (tertiary/aromatic N) is 3. The first-order chi connectivity index (χ1) is 10.1. The zero-order valence-corrected chi connectivity index (χ0v) is 14.3. The quantitative estimate of drug-likeness (QED) is 0.637. The van der Waals surface area contributed by atoms with Crippen molar-refractivity contribution in [2.45, 2.75) is 10.1 Å². The van der Waals surface area contributed by atoms with Crippen LogP contribution in [0.1, 0.15) is 0 Å². The van der Waals surface area contributed by atoms with Crippen molar-refractivity contribution in [3.05, 3.63) is 58.4 Å². The van der Waals surface area contributed by atoms with Crippen LogP contribution < -0.4 is 0 Å². The third-order valence-electron chi connectivity index (χ3n) is 2.90. The van der Waals surface area contributed by atoms with Crippen LogP contribution in [0.2, 0.25) is 5.02 Å². The Morgan fingerprint density at radius 3 is 2.52 bits per heavy atom. The molecule has 0 bridgehead atoms. The van der Waals surface area contributed by atoms with Crippen molar-refractivity contribution in [2.75, 3.05) is 0 Å². The SMILES string of the molecule is Cn1cnc(-c2ccc(Br)cc2)c1Sc1ccc(Cl)cn1. The van der Waals surface area contributed by atoms with Crippen molar-refractivity contribution in [3.63, 3.8) is 0 Å². The van der Waals surface area contributed by atoms with Gasteiger partial charge >= 0.3 is 0 Å². The highest BCUT2D eigenvalue weighted by Crippen LogP contribution is 2.34. The lowest BCUT2D eigenvalue weighted by Crippen LogP contribution is -1.90. The van der Waals surface area contributed by atoms with E-state index in [0.29, 0.717) is 5.02 Å². The molecule has 0 saturated carbocycles. The van der Waals surface area contributed by atoms with E-state index < -0.39 is 0 Å². The lowest BCUT2D eigenvalue weighted by atomic mass is 10.2. The van der Waals surface area contributed by atoms with Crippen molar-refractivity contribution in [1.82, 2.24) is 14.5 Å². The molecule has 0 aliphatic carbocycles. The summed E-state index contributed by atoms with van der Waals surface area (Å²) in [5.74, 6) is 0. The van der Waals surface area contributed by atoms with Crippen molar-refractivity contribution >= 4 is 39.3 Å². The highest BCUT2D eigenvalue weighted by molar-refractivity contribution is 9.10. The first-order valence-electron chi connectivity index (χ1n) is 6.20. The van der Waals surface area contributed by atoms with Crippen LogP contribution in [-0.2, 0) is 7.05 Å². The van der Waals surface area contributed by atoms with Crippen LogP contribution in [0.5, 0.6) is 0 Å². The molecule has 0 aliphatic rings. The molecule has 0 radical (unpaired) electrons. The minimum absolute atomic E-state index is 0.637. The molecule has 6 heteroatoms. The van der Waals surface area contributed by atoms with E-state index in [1.165, 1.54) is 0 Å². The van der Waals surface area contributed by atoms with E-state index in [1.54, 1.807) is 18.0 Å². The van der Waals surface area contributed by atoms with Gasteiger partial charge < -0.3 is 4.57 Å². The molecule has 0 aliphatic heterocycles. The fourth-order valence-electron chi connectivity index (χ4n) is 1.87. The van der Waals surface area contributed by atoms with E-state index in [0.717, 1.165) is 25.8 Å². The van der Waals surface area contributed by atoms with Crippen molar-refractivity contribution in [2.24, 2.45) is 7.05 Å². The Labute approximate surface area is 140 Å². The van der Waals surface area contributed by atoms with Gasteiger partial charge in [-0.3, -0.25) is 0 Å². The average molecular weight is 381 g/mol. The predicted molar refractivity (Wildman–Crippen MR) is 89.7 cm³/mol. The Morgan fingerprint density at radius 1 is 1.10 bits per heavy atom. The molecule has 0 unspecified atom stereocenters. The predicted octanol–water partition coefficient (Wildman–Crippen LogP) is 5.05. The summed E-state index contributed by atoms with van der Waals surface area (Å²) in [6.45, 7) is 0. The highest BCUT2D eigenvalue weighted by atomic mass is 79.9. The van der Waals surface area contributed by atoms with Crippen molar-refractivity contribution in [1.29, 1.82) is 0 Å². The molecule has 2 aromatic heterocycles. The number of hydrogen-bond acceptors (Lipinski definition) is 3. The first kappa shape index (κ1) is 14.6. The van der Waals surface area contributed by atoms with Crippen LogP contribution >= 0.6 is 39.3 Å². The minimum atomic E-state index is 0.637. The summed E-state index contributed by atoms with van der Waals surface area (Å²) in [7, 11) is 1.98. The molecule has 0 amide bonds. The maximum Gasteiger partial charge on any atom is 0.109 e. The third kappa shape index (κ3) is 3.31. The molecule has 0 spiro atoms. The van der Waals surface area contributed by atoms with E-state index in [4.69, 9.17) is 11.6 Å². The van der Waals surface area contributed by atoms with Gasteiger partial charge in [-0.2, -0.15) is 0 Å². The molecule has 0 saturated heterocycles. The second-order valence-corrected chi connectivity index (χ2v) is 6.79. The molecule has 3 aromatic rings. The molecule has 3 nitrogen and oxygen atoms in total. The molecule has 106 valence electrons. The van der Waals surface area contributed by atoms with E-state index in [9.17, 15) is 0 Å². The lowest BCUT2D eigenvalue weighted by Gasteiger charge is -2.06. The van der Waals surface area contributed by atoms with Crippen LogP contribution in [0, 0.1) is 0 Å². The minimum Gasteiger partial charge on any atom is -0.328 e. The fraction of sp³-hybridized carbons (Fsp3) is 0.0667. The summed E-state index contributed by atoms with van der Waals surface area (Å²) in [6, 6.07) is 11.9. The van der Waals surface area contributed by atoms with Gasteiger partial charge in [0.15, 0.2) is 0 Å². The number of aryl methyl sites for hydroxylation is 1. The van der Waals surface area contributed by atoms with Crippen LogP contribution in [-0.4, -0.2) is 14.5 Å². The first-order valence-corrected chi connectivity index (χ1v) is 8.19. The molecule has 0 atom stereocenters. The third-order valence-corrected chi connectivity index (χ3v) is 4.78. The number of halogens is 2. The van der Waals surface area contributed by atoms with Gasteiger partial charge in [0.25, 0.3) is 0 Å². The number of aromatic nitrogens is 3. The van der Waals surface area contributed by atoms with Gasteiger partial charge in [0.2, 0.25) is 0 Å². The van der Waals surface area contributed by atoms with Crippen molar-refractivity contribution < 1.29 is 0 Å². The molecule has 1 aromatic carbocycles. The summed E-state index contributed by atoms with van der Waals surface area (Å²) in [5, 5.41) is 2.57. The largest absolute Gasteiger partial charge is 0.328 e. The zero-order chi connectivity index (χ0) is 14.8. The Balaban J connectivity index is 1.97. The van der Waals surface area contributed by atoms with Gasteiger partial charge in [-0.1, -0.05) is 39.7 Å². The second-order valence-electron chi connectivity index (χ2n) is 4.43. The normalized spacial score (nSPS) is 10.8. The lowest BCUT2D eigenvalue weighted by molar-refractivity contribution is 0.824. The van der Waals surface area contributed by atoms with E-state index in [-0.39, 0.29) is 0 Å². The van der Waals surface area contributed by atoms with Gasteiger partial charge in [-0.25, -0.2) is 9.97 Å². The molecular weight excluding hydrogens is 370 g/mol. The van der Waals surface area contributed by atoms with E-state index >= 15 is 0 Å². The van der Waals surface area contributed by atoms with Gasteiger partial charge in [0.1, 0.15) is 15.7 Å². The summed E-state index contributed by atoms with van der Waals surface area (Å²) in [5.41, 5.74) is 2.03. The van der Waals surface area contributed by atoms with E-state index in [1.807, 2.05) is 54.3 Å². The molecule has 0 fully saturated rings.